The molecular formula is C17H15F2NO. The number of aryl methyl sites for hydroxylation is 1. The Morgan fingerprint density at radius 2 is 1.76 bits per heavy atom. The number of carbonyl (C=O) groups is 1. The Hall–Kier alpha value is -2.23. The summed E-state index contributed by atoms with van der Waals surface area (Å²) in [7, 11) is 0. The van der Waals surface area contributed by atoms with Crippen LogP contribution in [0.5, 0.6) is 0 Å². The van der Waals surface area contributed by atoms with Crippen molar-refractivity contribution in [3.8, 4) is 0 Å². The van der Waals surface area contributed by atoms with E-state index in [2.05, 4.69) is 5.32 Å². The largest absolute Gasteiger partial charge is 0.321 e. The van der Waals surface area contributed by atoms with Gasteiger partial charge in [-0.1, -0.05) is 30.3 Å². The second kappa shape index (κ2) is 5.64. The smallest absolute Gasteiger partial charge is 0.232 e. The molecule has 108 valence electrons. The molecule has 4 heteroatoms. The van der Waals surface area contributed by atoms with Gasteiger partial charge in [0.2, 0.25) is 5.91 Å². The predicted octanol–water partition coefficient (Wildman–Crippen LogP) is 4.02. The summed E-state index contributed by atoms with van der Waals surface area (Å²) in [6.45, 7) is 0. The van der Waals surface area contributed by atoms with E-state index in [4.69, 9.17) is 0 Å². The van der Waals surface area contributed by atoms with Crippen LogP contribution in [0.2, 0.25) is 0 Å². The van der Waals surface area contributed by atoms with Crippen molar-refractivity contribution >= 4 is 11.6 Å². The molecule has 0 bridgehead atoms. The Kier molecular flexibility index (Phi) is 3.69. The zero-order valence-corrected chi connectivity index (χ0v) is 11.4. The van der Waals surface area contributed by atoms with Crippen LogP contribution in [0.3, 0.4) is 0 Å². The van der Waals surface area contributed by atoms with Gasteiger partial charge in [-0.05, 0) is 42.5 Å². The normalized spacial score (nSPS) is 17.1. The van der Waals surface area contributed by atoms with Crippen molar-refractivity contribution in [2.75, 3.05) is 5.32 Å². The number of benzene rings is 2. The first-order valence-electron chi connectivity index (χ1n) is 6.99. The fraction of sp³-hybridized carbons (Fsp3) is 0.235. The van der Waals surface area contributed by atoms with E-state index < -0.39 is 11.6 Å². The number of para-hydroxylation sites is 1. The fourth-order valence-electron chi connectivity index (χ4n) is 2.85. The average Bonchev–Trinajstić information content (AvgIpc) is 2.50. The Morgan fingerprint density at radius 1 is 1.05 bits per heavy atom. The molecule has 1 aliphatic rings. The number of amides is 1. The molecule has 0 spiro atoms. The van der Waals surface area contributed by atoms with Gasteiger partial charge in [0, 0.05) is 0 Å². The van der Waals surface area contributed by atoms with Gasteiger partial charge < -0.3 is 5.32 Å². The maximum Gasteiger partial charge on any atom is 0.232 e. The third-order valence-corrected chi connectivity index (χ3v) is 3.90. The van der Waals surface area contributed by atoms with E-state index in [0.29, 0.717) is 6.42 Å². The van der Waals surface area contributed by atoms with Crippen LogP contribution in [-0.4, -0.2) is 5.91 Å². The molecule has 2 nitrogen and oxygen atoms in total. The number of halogens is 2. The summed E-state index contributed by atoms with van der Waals surface area (Å²) < 4.78 is 27.2. The van der Waals surface area contributed by atoms with Crippen molar-refractivity contribution in [1.82, 2.24) is 0 Å². The minimum Gasteiger partial charge on any atom is -0.321 e. The lowest BCUT2D eigenvalue weighted by atomic mass is 9.82. The predicted molar refractivity (Wildman–Crippen MR) is 77.1 cm³/mol. The number of nitrogens with one attached hydrogen (secondary N) is 1. The molecule has 1 aliphatic carbocycles. The van der Waals surface area contributed by atoms with E-state index >= 15 is 0 Å². The van der Waals surface area contributed by atoms with Gasteiger partial charge in [0.15, 0.2) is 0 Å². The first-order valence-corrected chi connectivity index (χ1v) is 6.99. The SMILES string of the molecule is O=C(Nc1c(F)cccc1F)C1CCCc2ccccc21. The number of hydrogen-bond acceptors (Lipinski definition) is 1. The van der Waals surface area contributed by atoms with Gasteiger partial charge in [-0.3, -0.25) is 4.79 Å². The molecule has 0 saturated carbocycles. The molecule has 1 atom stereocenters. The van der Waals surface area contributed by atoms with Crippen LogP contribution in [0.25, 0.3) is 0 Å². The monoisotopic (exact) mass is 287 g/mol. The highest BCUT2D eigenvalue weighted by Crippen LogP contribution is 2.32. The van der Waals surface area contributed by atoms with E-state index in [1.165, 1.54) is 6.07 Å². The second-order valence-corrected chi connectivity index (χ2v) is 5.23. The van der Waals surface area contributed by atoms with Crippen molar-refractivity contribution in [1.29, 1.82) is 0 Å². The molecule has 0 radical (unpaired) electrons. The maximum atomic E-state index is 13.6. The summed E-state index contributed by atoms with van der Waals surface area (Å²) in [5.41, 5.74) is 1.72. The van der Waals surface area contributed by atoms with Crippen LogP contribution >= 0.6 is 0 Å². The van der Waals surface area contributed by atoms with E-state index in [9.17, 15) is 13.6 Å². The minimum absolute atomic E-state index is 0.353. The molecular weight excluding hydrogens is 272 g/mol. The van der Waals surface area contributed by atoms with Crippen molar-refractivity contribution < 1.29 is 13.6 Å². The van der Waals surface area contributed by atoms with E-state index in [1.54, 1.807) is 0 Å². The Labute approximate surface area is 121 Å². The number of anilines is 1. The lowest BCUT2D eigenvalue weighted by Crippen LogP contribution is -2.25. The molecule has 0 saturated heterocycles. The van der Waals surface area contributed by atoms with Crippen molar-refractivity contribution in [3.05, 3.63) is 65.2 Å². The van der Waals surface area contributed by atoms with Gasteiger partial charge in [-0.2, -0.15) is 0 Å². The summed E-state index contributed by atoms with van der Waals surface area (Å²) in [5.74, 6) is -2.22. The summed E-state index contributed by atoms with van der Waals surface area (Å²) in [5, 5.41) is 2.40. The van der Waals surface area contributed by atoms with Gasteiger partial charge in [0.05, 0.1) is 5.92 Å². The summed E-state index contributed by atoms with van der Waals surface area (Å²) >= 11 is 0. The molecule has 0 fully saturated rings. The molecule has 1 amide bonds. The number of rotatable bonds is 2. The van der Waals surface area contributed by atoms with Crippen LogP contribution < -0.4 is 5.32 Å². The van der Waals surface area contributed by atoms with Gasteiger partial charge in [-0.25, -0.2) is 8.78 Å². The molecule has 0 heterocycles. The van der Waals surface area contributed by atoms with Gasteiger partial charge >= 0.3 is 0 Å². The molecule has 0 aliphatic heterocycles. The highest BCUT2D eigenvalue weighted by Gasteiger charge is 2.27. The summed E-state index contributed by atoms with van der Waals surface area (Å²) in [6, 6.07) is 11.3. The zero-order chi connectivity index (χ0) is 14.8. The topological polar surface area (TPSA) is 29.1 Å². The quantitative estimate of drug-likeness (QED) is 0.888. The third-order valence-electron chi connectivity index (χ3n) is 3.90. The second-order valence-electron chi connectivity index (χ2n) is 5.23. The van der Waals surface area contributed by atoms with Crippen molar-refractivity contribution in [2.24, 2.45) is 0 Å². The molecule has 21 heavy (non-hydrogen) atoms. The Balaban J connectivity index is 1.87. The molecule has 2 aromatic carbocycles. The lowest BCUT2D eigenvalue weighted by molar-refractivity contribution is -0.117. The maximum absolute atomic E-state index is 13.6. The van der Waals surface area contributed by atoms with Gasteiger partial charge in [0.25, 0.3) is 0 Å². The molecule has 0 aromatic heterocycles. The van der Waals surface area contributed by atoms with Crippen LogP contribution in [0.4, 0.5) is 14.5 Å². The molecule has 2 aromatic rings. The van der Waals surface area contributed by atoms with Crippen molar-refractivity contribution in [2.45, 2.75) is 25.2 Å². The van der Waals surface area contributed by atoms with Crippen molar-refractivity contribution in [3.63, 3.8) is 0 Å². The standard InChI is InChI=1S/C17H15F2NO/c18-14-9-4-10-15(19)16(14)20-17(21)13-8-3-6-11-5-1-2-7-12(11)13/h1-2,4-5,7,9-10,13H,3,6,8H2,(H,20,21). The third kappa shape index (κ3) is 2.66. The fourth-order valence-corrected chi connectivity index (χ4v) is 2.85. The van der Waals surface area contributed by atoms with E-state index in [-0.39, 0.29) is 17.5 Å². The average molecular weight is 287 g/mol. The van der Waals surface area contributed by atoms with E-state index in [0.717, 1.165) is 36.1 Å². The number of fused-ring (bicyclic) bond motifs is 1. The lowest BCUT2D eigenvalue weighted by Gasteiger charge is -2.24. The zero-order valence-electron chi connectivity index (χ0n) is 11.4. The van der Waals surface area contributed by atoms with Crippen LogP contribution in [0.15, 0.2) is 42.5 Å². The molecule has 1 unspecified atom stereocenters. The van der Waals surface area contributed by atoms with Gasteiger partial charge in [-0.15, -0.1) is 0 Å². The first kappa shape index (κ1) is 13.7. The number of carbonyl (C=O) groups excluding carboxylic acids is 1. The van der Waals surface area contributed by atoms with Crippen LogP contribution in [-0.2, 0) is 11.2 Å². The molecule has 1 N–H and O–H groups in total. The van der Waals surface area contributed by atoms with E-state index in [1.807, 2.05) is 24.3 Å². The minimum atomic E-state index is -0.757. The number of hydrogen-bond donors (Lipinski definition) is 1. The van der Waals surface area contributed by atoms with Gasteiger partial charge in [0.1, 0.15) is 17.3 Å². The highest BCUT2D eigenvalue weighted by molar-refractivity contribution is 5.96. The highest BCUT2D eigenvalue weighted by atomic mass is 19.1. The first-order chi connectivity index (χ1) is 10.2. The molecule has 3 rings (SSSR count). The van der Waals surface area contributed by atoms with Crippen LogP contribution in [0.1, 0.15) is 29.9 Å². The Bertz CT molecular complexity index is 664. The summed E-state index contributed by atoms with van der Waals surface area (Å²) in [4.78, 5) is 12.4. The van der Waals surface area contributed by atoms with Crippen LogP contribution in [0, 0.1) is 11.6 Å². The summed E-state index contributed by atoms with van der Waals surface area (Å²) in [6.07, 6.45) is 2.53. The Morgan fingerprint density at radius 3 is 2.52 bits per heavy atom.